The normalized spacial score (nSPS) is 17.3. The number of carbonyl (C=O) groups excluding carboxylic acids is 1. The van der Waals surface area contributed by atoms with Gasteiger partial charge in [-0.3, -0.25) is 4.79 Å². The molecule has 142 valence electrons. The number of benzene rings is 1. The molecule has 7 heteroatoms. The summed E-state index contributed by atoms with van der Waals surface area (Å²) in [5.41, 5.74) is 2.00. The number of nitrogens with one attached hydrogen (secondary N) is 2. The lowest BCUT2D eigenvalue weighted by Gasteiger charge is -2.31. The molecule has 2 aromatic heterocycles. The third kappa shape index (κ3) is 4.47. The number of carbonyl (C=O) groups is 1. The maximum Gasteiger partial charge on any atom is 0.224 e. The Morgan fingerprint density at radius 2 is 2.26 bits per heavy atom. The zero-order chi connectivity index (χ0) is 18.5. The number of furan rings is 1. The molecule has 1 aliphatic rings. The van der Waals surface area contributed by atoms with Crippen LogP contribution in [-0.2, 0) is 10.5 Å². The summed E-state index contributed by atoms with van der Waals surface area (Å²) in [5, 5.41) is 3.08. The summed E-state index contributed by atoms with van der Waals surface area (Å²) in [4.78, 5) is 22.8. The third-order valence-electron chi connectivity index (χ3n) is 4.84. The van der Waals surface area contributed by atoms with E-state index in [1.807, 2.05) is 36.4 Å². The van der Waals surface area contributed by atoms with Crippen molar-refractivity contribution in [1.82, 2.24) is 15.3 Å². The van der Waals surface area contributed by atoms with Crippen molar-refractivity contribution < 1.29 is 9.21 Å². The Labute approximate surface area is 162 Å². The van der Waals surface area contributed by atoms with Crippen LogP contribution in [0.2, 0.25) is 0 Å². The summed E-state index contributed by atoms with van der Waals surface area (Å²) in [6, 6.07) is 11.9. The Hall–Kier alpha value is -2.41. The van der Waals surface area contributed by atoms with Gasteiger partial charge in [0.25, 0.3) is 0 Å². The van der Waals surface area contributed by atoms with Gasteiger partial charge < -0.3 is 19.6 Å². The topological polar surface area (TPSA) is 74.2 Å². The molecule has 4 rings (SSSR count). The largest absolute Gasteiger partial charge is 0.468 e. The molecule has 0 radical (unpaired) electrons. The molecule has 1 fully saturated rings. The number of fused-ring (bicyclic) bond motifs is 1. The summed E-state index contributed by atoms with van der Waals surface area (Å²) < 4.78 is 5.31. The van der Waals surface area contributed by atoms with E-state index in [0.29, 0.717) is 13.1 Å². The van der Waals surface area contributed by atoms with E-state index < -0.39 is 0 Å². The van der Waals surface area contributed by atoms with Gasteiger partial charge >= 0.3 is 0 Å². The van der Waals surface area contributed by atoms with Crippen LogP contribution in [-0.4, -0.2) is 41.3 Å². The number of para-hydroxylation sites is 2. The van der Waals surface area contributed by atoms with Crippen LogP contribution < -0.4 is 10.2 Å². The molecule has 1 aromatic carbocycles. The summed E-state index contributed by atoms with van der Waals surface area (Å²) >= 11 is 1.77. The summed E-state index contributed by atoms with van der Waals surface area (Å²) in [7, 11) is 0. The van der Waals surface area contributed by atoms with E-state index >= 15 is 0 Å². The quantitative estimate of drug-likeness (QED) is 0.611. The SMILES string of the molecule is O=C(NCCSCc1ccco1)C1CCCN(c2nc3ccccc3[nH]2)C1. The molecule has 0 saturated carbocycles. The zero-order valence-corrected chi connectivity index (χ0v) is 16.0. The molecule has 1 amide bonds. The van der Waals surface area contributed by atoms with Crippen LogP contribution in [0.4, 0.5) is 5.95 Å². The number of aromatic nitrogens is 2. The molecule has 3 heterocycles. The van der Waals surface area contributed by atoms with Crippen molar-refractivity contribution in [1.29, 1.82) is 0 Å². The van der Waals surface area contributed by atoms with Crippen LogP contribution in [0.3, 0.4) is 0 Å². The Kier molecular flexibility index (Phi) is 5.67. The Morgan fingerprint density at radius 3 is 3.11 bits per heavy atom. The van der Waals surface area contributed by atoms with Crippen molar-refractivity contribution in [3.05, 3.63) is 48.4 Å². The number of imidazole rings is 1. The molecule has 1 aliphatic heterocycles. The van der Waals surface area contributed by atoms with Crippen LogP contribution in [0.25, 0.3) is 11.0 Å². The van der Waals surface area contributed by atoms with Crippen molar-refractivity contribution in [2.24, 2.45) is 5.92 Å². The van der Waals surface area contributed by atoms with Gasteiger partial charge in [0.1, 0.15) is 5.76 Å². The highest BCUT2D eigenvalue weighted by Gasteiger charge is 2.27. The lowest BCUT2D eigenvalue weighted by atomic mass is 9.97. The monoisotopic (exact) mass is 384 g/mol. The molecule has 1 saturated heterocycles. The molecule has 3 aromatic rings. The average molecular weight is 385 g/mol. The number of hydrogen-bond donors (Lipinski definition) is 2. The van der Waals surface area contributed by atoms with Gasteiger partial charge in [0.2, 0.25) is 11.9 Å². The highest BCUT2D eigenvalue weighted by atomic mass is 32.2. The minimum atomic E-state index is 0.0158. The first kappa shape index (κ1) is 18.0. The standard InChI is InChI=1S/C20H24N4O2S/c25-19(21-9-12-27-14-16-6-4-11-26-16)15-5-3-10-24(13-15)20-22-17-7-1-2-8-18(17)23-20/h1-2,4,6-8,11,15H,3,5,9-10,12-14H2,(H,21,25)(H,22,23). The van der Waals surface area contributed by atoms with Crippen LogP contribution in [0.1, 0.15) is 18.6 Å². The number of H-pyrrole nitrogens is 1. The van der Waals surface area contributed by atoms with E-state index in [1.165, 1.54) is 0 Å². The number of aromatic amines is 1. The second-order valence-corrected chi connectivity index (χ2v) is 7.89. The van der Waals surface area contributed by atoms with Crippen LogP contribution >= 0.6 is 11.8 Å². The fourth-order valence-corrected chi connectivity index (χ4v) is 4.19. The summed E-state index contributed by atoms with van der Waals surface area (Å²) in [6.45, 7) is 2.33. The Morgan fingerprint density at radius 1 is 1.33 bits per heavy atom. The van der Waals surface area contributed by atoms with E-state index in [4.69, 9.17) is 4.42 Å². The molecule has 1 unspecified atom stereocenters. The van der Waals surface area contributed by atoms with Gasteiger partial charge in [-0.25, -0.2) is 4.98 Å². The first-order valence-electron chi connectivity index (χ1n) is 9.37. The first-order valence-corrected chi connectivity index (χ1v) is 10.5. The van der Waals surface area contributed by atoms with E-state index in [9.17, 15) is 4.79 Å². The molecule has 2 N–H and O–H groups in total. The lowest BCUT2D eigenvalue weighted by Crippen LogP contribution is -2.44. The van der Waals surface area contributed by atoms with E-state index in [-0.39, 0.29) is 11.8 Å². The van der Waals surface area contributed by atoms with E-state index in [0.717, 1.165) is 53.6 Å². The highest BCUT2D eigenvalue weighted by Crippen LogP contribution is 2.23. The second kappa shape index (κ2) is 8.52. The molecule has 0 aliphatic carbocycles. The highest BCUT2D eigenvalue weighted by molar-refractivity contribution is 7.98. The van der Waals surface area contributed by atoms with Crippen LogP contribution in [0.5, 0.6) is 0 Å². The van der Waals surface area contributed by atoms with Gasteiger partial charge in [-0.1, -0.05) is 12.1 Å². The average Bonchev–Trinajstić information content (AvgIpc) is 3.37. The first-order chi connectivity index (χ1) is 13.3. The summed E-state index contributed by atoms with van der Waals surface area (Å²) in [6.07, 6.45) is 3.62. The molecule has 27 heavy (non-hydrogen) atoms. The number of anilines is 1. The fourth-order valence-electron chi connectivity index (χ4n) is 3.43. The van der Waals surface area contributed by atoms with Gasteiger partial charge in [0, 0.05) is 25.4 Å². The van der Waals surface area contributed by atoms with E-state index in [1.54, 1.807) is 18.0 Å². The van der Waals surface area contributed by atoms with Crippen molar-refractivity contribution >= 4 is 34.7 Å². The number of amides is 1. The van der Waals surface area contributed by atoms with Crippen molar-refractivity contribution in [2.75, 3.05) is 30.3 Å². The van der Waals surface area contributed by atoms with Crippen LogP contribution in [0, 0.1) is 5.92 Å². The smallest absolute Gasteiger partial charge is 0.224 e. The molecule has 1 atom stereocenters. The zero-order valence-electron chi connectivity index (χ0n) is 15.2. The van der Waals surface area contributed by atoms with Crippen LogP contribution in [0.15, 0.2) is 47.1 Å². The molecule has 0 bridgehead atoms. The maximum atomic E-state index is 12.5. The molecular formula is C20H24N4O2S. The lowest BCUT2D eigenvalue weighted by molar-refractivity contribution is -0.125. The number of nitrogens with zero attached hydrogens (tertiary/aromatic N) is 2. The second-order valence-electron chi connectivity index (χ2n) is 6.79. The molecule has 6 nitrogen and oxygen atoms in total. The molecule has 0 spiro atoms. The minimum absolute atomic E-state index is 0.0158. The van der Waals surface area contributed by atoms with Crippen molar-refractivity contribution in [3.63, 3.8) is 0 Å². The predicted octanol–water partition coefficient (Wildman–Crippen LogP) is 3.42. The van der Waals surface area contributed by atoms with Gasteiger partial charge in [0.15, 0.2) is 0 Å². The van der Waals surface area contributed by atoms with Gasteiger partial charge in [-0.2, -0.15) is 11.8 Å². The minimum Gasteiger partial charge on any atom is -0.468 e. The Bertz CT molecular complexity index is 844. The van der Waals surface area contributed by atoms with Gasteiger partial charge in [-0.15, -0.1) is 0 Å². The number of piperidine rings is 1. The van der Waals surface area contributed by atoms with Crippen molar-refractivity contribution in [2.45, 2.75) is 18.6 Å². The van der Waals surface area contributed by atoms with Gasteiger partial charge in [0.05, 0.1) is 29.0 Å². The predicted molar refractivity (Wildman–Crippen MR) is 109 cm³/mol. The Balaban J connectivity index is 1.25. The maximum absolute atomic E-state index is 12.5. The van der Waals surface area contributed by atoms with Crippen molar-refractivity contribution in [3.8, 4) is 0 Å². The van der Waals surface area contributed by atoms with E-state index in [2.05, 4.69) is 20.2 Å². The molecular weight excluding hydrogens is 360 g/mol. The summed E-state index contributed by atoms with van der Waals surface area (Å²) in [5.74, 6) is 3.72. The third-order valence-corrected chi connectivity index (χ3v) is 5.82. The fraction of sp³-hybridized carbons (Fsp3) is 0.400. The number of rotatable bonds is 7. The number of hydrogen-bond acceptors (Lipinski definition) is 5. The van der Waals surface area contributed by atoms with Gasteiger partial charge in [-0.05, 0) is 37.1 Å². The number of thioether (sulfide) groups is 1.